The van der Waals surface area contributed by atoms with Crippen molar-refractivity contribution in [3.8, 4) is 22.6 Å². The summed E-state index contributed by atoms with van der Waals surface area (Å²) in [4.78, 5) is 12.8. The second-order valence-corrected chi connectivity index (χ2v) is 7.87. The number of ketones is 1. The number of hydrogen-bond donors (Lipinski definition) is 0. The fraction of sp³-hybridized carbons (Fsp3) is 0.0357. The molecule has 5 rings (SSSR count). The number of carbonyl (C=O) groups excluding carboxylic acids is 1. The lowest BCUT2D eigenvalue weighted by atomic mass is 10.0. The Balaban J connectivity index is 1.31. The minimum Gasteiger partial charge on any atom is -0.489 e. The van der Waals surface area contributed by atoms with Crippen molar-refractivity contribution in [2.75, 3.05) is 0 Å². The molecule has 0 saturated carbocycles. The van der Waals surface area contributed by atoms with Crippen molar-refractivity contribution in [3.05, 3.63) is 125 Å². The summed E-state index contributed by atoms with van der Waals surface area (Å²) in [7, 11) is 0. The predicted molar refractivity (Wildman–Crippen MR) is 127 cm³/mol. The molecule has 0 saturated heterocycles. The van der Waals surface area contributed by atoms with Gasteiger partial charge in [-0.3, -0.25) is 4.79 Å². The molecule has 1 aliphatic heterocycles. The number of halogens is 1. The SMILES string of the molecule is O=C1C(=Cc2ccc(-c3ccccc3)cc2)Oc2cc(OCc3ccccc3Cl)ccc21. The first kappa shape index (κ1) is 20.1. The Kier molecular flexibility index (Phi) is 5.49. The number of ether oxygens (including phenoxy) is 2. The molecule has 0 amide bonds. The summed E-state index contributed by atoms with van der Waals surface area (Å²) >= 11 is 6.19. The van der Waals surface area contributed by atoms with Gasteiger partial charge < -0.3 is 9.47 Å². The number of rotatable bonds is 5. The average Bonchev–Trinajstić information content (AvgIpc) is 3.14. The monoisotopic (exact) mass is 438 g/mol. The Morgan fingerprint density at radius 1 is 0.812 bits per heavy atom. The molecule has 0 unspecified atom stereocenters. The van der Waals surface area contributed by atoms with Gasteiger partial charge in [-0.2, -0.15) is 0 Å². The smallest absolute Gasteiger partial charge is 0.231 e. The van der Waals surface area contributed by atoms with Crippen LogP contribution in [0.3, 0.4) is 0 Å². The quantitative estimate of drug-likeness (QED) is 0.309. The maximum absolute atomic E-state index is 12.8. The van der Waals surface area contributed by atoms with Crippen LogP contribution in [0.25, 0.3) is 17.2 Å². The number of Topliss-reactive ketones (excluding diaryl/α,β-unsaturated/α-hetero) is 1. The van der Waals surface area contributed by atoms with E-state index in [1.165, 1.54) is 0 Å². The zero-order chi connectivity index (χ0) is 21.9. The second-order valence-electron chi connectivity index (χ2n) is 7.47. The molecule has 4 aromatic carbocycles. The molecule has 156 valence electrons. The number of hydrogen-bond acceptors (Lipinski definition) is 3. The highest BCUT2D eigenvalue weighted by atomic mass is 35.5. The lowest BCUT2D eigenvalue weighted by Gasteiger charge is -2.08. The van der Waals surface area contributed by atoms with Crippen molar-refractivity contribution >= 4 is 23.5 Å². The van der Waals surface area contributed by atoms with E-state index in [-0.39, 0.29) is 5.78 Å². The van der Waals surface area contributed by atoms with Crippen LogP contribution in [0.15, 0.2) is 103 Å². The number of benzene rings is 4. The van der Waals surface area contributed by atoms with Crippen molar-refractivity contribution in [2.24, 2.45) is 0 Å². The summed E-state index contributed by atoms with van der Waals surface area (Å²) < 4.78 is 11.7. The third-order valence-electron chi connectivity index (χ3n) is 5.31. The van der Waals surface area contributed by atoms with Gasteiger partial charge >= 0.3 is 0 Å². The molecule has 0 aliphatic carbocycles. The number of carbonyl (C=O) groups is 1. The largest absolute Gasteiger partial charge is 0.489 e. The summed E-state index contributed by atoms with van der Waals surface area (Å²) in [6.45, 7) is 0.336. The van der Waals surface area contributed by atoms with Crippen LogP contribution < -0.4 is 9.47 Å². The summed E-state index contributed by atoms with van der Waals surface area (Å²) in [5.74, 6) is 1.28. The van der Waals surface area contributed by atoms with Crippen molar-refractivity contribution in [1.29, 1.82) is 0 Å². The highest BCUT2D eigenvalue weighted by molar-refractivity contribution is 6.31. The summed E-state index contributed by atoms with van der Waals surface area (Å²) in [6.07, 6.45) is 1.77. The zero-order valence-corrected chi connectivity index (χ0v) is 17.9. The van der Waals surface area contributed by atoms with Crippen LogP contribution >= 0.6 is 11.6 Å². The van der Waals surface area contributed by atoms with Crippen LogP contribution in [-0.4, -0.2) is 5.78 Å². The standard InChI is InChI=1S/C28H19ClO3/c29-25-9-5-4-8-22(25)18-31-23-14-15-24-26(17-23)32-27(28(24)30)16-19-10-12-21(13-11-19)20-6-2-1-3-7-20/h1-17H,18H2. The summed E-state index contributed by atoms with van der Waals surface area (Å²) in [5.41, 5.74) is 4.59. The van der Waals surface area contributed by atoms with Crippen LogP contribution in [0.4, 0.5) is 0 Å². The Morgan fingerprint density at radius 3 is 2.31 bits per heavy atom. The average molecular weight is 439 g/mol. The van der Waals surface area contributed by atoms with Gasteiger partial charge in [0.25, 0.3) is 0 Å². The molecule has 1 aliphatic rings. The van der Waals surface area contributed by atoms with Crippen molar-refractivity contribution in [3.63, 3.8) is 0 Å². The van der Waals surface area contributed by atoms with Gasteiger partial charge in [0.1, 0.15) is 18.1 Å². The first-order chi connectivity index (χ1) is 15.7. The summed E-state index contributed by atoms with van der Waals surface area (Å²) in [5, 5.41) is 0.656. The van der Waals surface area contributed by atoms with E-state index >= 15 is 0 Å². The molecule has 0 spiro atoms. The van der Waals surface area contributed by atoms with Crippen LogP contribution in [0.1, 0.15) is 21.5 Å². The minimum absolute atomic E-state index is 0.134. The Bertz CT molecular complexity index is 1310. The van der Waals surface area contributed by atoms with Gasteiger partial charge in [0.05, 0.1) is 5.56 Å². The fourth-order valence-electron chi connectivity index (χ4n) is 3.59. The van der Waals surface area contributed by atoms with Gasteiger partial charge in [0.15, 0.2) is 5.76 Å². The van der Waals surface area contributed by atoms with Crippen molar-refractivity contribution < 1.29 is 14.3 Å². The molecule has 0 N–H and O–H groups in total. The predicted octanol–water partition coefficient (Wildman–Crippen LogP) is 7.20. The molecule has 3 nitrogen and oxygen atoms in total. The number of allylic oxidation sites excluding steroid dienone is 1. The van der Waals surface area contributed by atoms with Gasteiger partial charge in [-0.25, -0.2) is 0 Å². The van der Waals surface area contributed by atoms with Gasteiger partial charge in [-0.05, 0) is 41.0 Å². The maximum atomic E-state index is 12.8. The molecule has 0 atom stereocenters. The molecule has 0 bridgehead atoms. The molecule has 0 aromatic heterocycles. The van der Waals surface area contributed by atoms with E-state index in [9.17, 15) is 4.79 Å². The zero-order valence-electron chi connectivity index (χ0n) is 17.1. The highest BCUT2D eigenvalue weighted by Crippen LogP contribution is 2.35. The molecule has 1 heterocycles. The molecule has 0 fully saturated rings. The van der Waals surface area contributed by atoms with Crippen LogP contribution in [0.5, 0.6) is 11.5 Å². The maximum Gasteiger partial charge on any atom is 0.231 e. The van der Waals surface area contributed by atoms with Gasteiger partial charge in [0, 0.05) is 16.7 Å². The normalized spacial score (nSPS) is 13.7. The summed E-state index contributed by atoms with van der Waals surface area (Å²) in [6, 6.07) is 31.0. The second kappa shape index (κ2) is 8.74. The first-order valence-electron chi connectivity index (χ1n) is 10.3. The molecule has 32 heavy (non-hydrogen) atoms. The minimum atomic E-state index is -0.134. The molecular weight excluding hydrogens is 420 g/mol. The van der Waals surface area contributed by atoms with Gasteiger partial charge in [-0.15, -0.1) is 0 Å². The van der Waals surface area contributed by atoms with Gasteiger partial charge in [-0.1, -0.05) is 84.4 Å². The van der Waals surface area contributed by atoms with E-state index in [1.807, 2.05) is 66.7 Å². The topological polar surface area (TPSA) is 35.5 Å². The van der Waals surface area contributed by atoms with E-state index in [2.05, 4.69) is 12.1 Å². The van der Waals surface area contributed by atoms with E-state index < -0.39 is 0 Å². The lowest BCUT2D eigenvalue weighted by Crippen LogP contribution is -1.98. The Labute approximate surface area is 191 Å². The van der Waals surface area contributed by atoms with Crippen molar-refractivity contribution in [2.45, 2.75) is 6.61 Å². The molecular formula is C28H19ClO3. The highest BCUT2D eigenvalue weighted by Gasteiger charge is 2.27. The van der Waals surface area contributed by atoms with E-state index in [0.717, 1.165) is 22.3 Å². The first-order valence-corrected chi connectivity index (χ1v) is 10.7. The number of fused-ring (bicyclic) bond motifs is 1. The molecule has 4 heteroatoms. The van der Waals surface area contributed by atoms with E-state index in [1.54, 1.807) is 24.3 Å². The van der Waals surface area contributed by atoms with Crippen LogP contribution in [-0.2, 0) is 6.61 Å². The fourth-order valence-corrected chi connectivity index (χ4v) is 3.78. The Morgan fingerprint density at radius 2 is 1.53 bits per heavy atom. The van der Waals surface area contributed by atoms with Gasteiger partial charge in [0.2, 0.25) is 5.78 Å². The molecule has 0 radical (unpaired) electrons. The third-order valence-corrected chi connectivity index (χ3v) is 5.68. The third kappa shape index (κ3) is 4.16. The van der Waals surface area contributed by atoms with E-state index in [4.69, 9.17) is 21.1 Å². The lowest BCUT2D eigenvalue weighted by molar-refractivity contribution is 0.101. The Hall–Kier alpha value is -3.82. The van der Waals surface area contributed by atoms with Crippen LogP contribution in [0.2, 0.25) is 5.02 Å². The van der Waals surface area contributed by atoms with Crippen LogP contribution in [0, 0.1) is 0 Å². The molecule has 4 aromatic rings. The van der Waals surface area contributed by atoms with Crippen molar-refractivity contribution in [1.82, 2.24) is 0 Å². The van der Waals surface area contributed by atoms with E-state index in [0.29, 0.717) is 34.5 Å².